The normalized spacial score (nSPS) is 12.6. The number of hydrogen-bond acceptors (Lipinski definition) is 11. The fraction of sp³-hybridized carbons (Fsp3) is 0.667. The van der Waals surface area contributed by atoms with E-state index in [1.54, 1.807) is 0 Å². The number of Topliss-reactive ketones (excluding diaryl/α,β-unsaturated/α-hetero) is 1. The Balaban J connectivity index is 2.41. The van der Waals surface area contributed by atoms with Crippen molar-refractivity contribution in [3.63, 3.8) is 0 Å². The van der Waals surface area contributed by atoms with Gasteiger partial charge < -0.3 is 20.8 Å². The van der Waals surface area contributed by atoms with Gasteiger partial charge in [0.25, 0.3) is 0 Å². The average Bonchev–Trinajstić information content (AvgIpc) is 3.36. The molecule has 0 fully saturated rings. The molecule has 1 heterocycles. The fourth-order valence-corrected chi connectivity index (χ4v) is 4.42. The lowest BCUT2D eigenvalue weighted by atomic mass is 9.94. The van der Waals surface area contributed by atoms with Gasteiger partial charge in [-0.25, -0.2) is 13.2 Å². The second-order valence-corrected chi connectivity index (χ2v) is 10.5. The van der Waals surface area contributed by atoms with Gasteiger partial charge in [0.05, 0.1) is 11.7 Å². The molecule has 6 N–H and O–H groups in total. The lowest BCUT2D eigenvalue weighted by Gasteiger charge is -2.15. The Hall–Kier alpha value is -3.96. The van der Waals surface area contributed by atoms with Crippen LogP contribution in [-0.2, 0) is 45.2 Å². The largest absolute Gasteiger partial charge is 0.481 e. The Morgan fingerprint density at radius 3 is 2.18 bits per heavy atom. The summed E-state index contributed by atoms with van der Waals surface area (Å²) < 4.78 is 26.0. The second-order valence-electron chi connectivity index (χ2n) is 8.62. The molecule has 0 spiro atoms. The number of aliphatic carboxylic acids is 2. The summed E-state index contributed by atoms with van der Waals surface area (Å²) in [5.74, 6) is -6.41. The van der Waals surface area contributed by atoms with Crippen molar-refractivity contribution < 1.29 is 47.4 Å². The maximum Gasteiger partial charge on any atom is 0.326 e. The Morgan fingerprint density at radius 2 is 1.59 bits per heavy atom. The van der Waals surface area contributed by atoms with Crippen LogP contribution in [0, 0.1) is 5.92 Å². The number of hydrogen-bond donors (Lipinski definition) is 6. The van der Waals surface area contributed by atoms with Gasteiger partial charge in [0, 0.05) is 45.6 Å². The number of aryl methyl sites for hydroxylation is 1. The predicted octanol–water partition coefficient (Wildman–Crippen LogP) is -1.72. The topological polar surface area (TPSA) is 268 Å². The van der Waals surface area contributed by atoms with Crippen molar-refractivity contribution in [1.82, 2.24) is 36.0 Å². The van der Waals surface area contributed by atoms with Crippen molar-refractivity contribution >= 4 is 45.5 Å². The zero-order chi connectivity index (χ0) is 29.4. The summed E-state index contributed by atoms with van der Waals surface area (Å²) >= 11 is 0. The van der Waals surface area contributed by atoms with E-state index in [0.29, 0.717) is 12.2 Å². The van der Waals surface area contributed by atoms with Crippen molar-refractivity contribution in [2.24, 2.45) is 5.92 Å². The van der Waals surface area contributed by atoms with Crippen molar-refractivity contribution in [2.45, 2.75) is 70.3 Å². The summed E-state index contributed by atoms with van der Waals surface area (Å²) in [5, 5.41) is 36.2. The minimum atomic E-state index is -4.02. The zero-order valence-electron chi connectivity index (χ0n) is 21.3. The Labute approximate surface area is 223 Å². The molecule has 1 aromatic rings. The van der Waals surface area contributed by atoms with E-state index in [2.05, 4.69) is 31.3 Å². The monoisotopic (exact) mass is 575 g/mol. The molecule has 2 atom stereocenters. The van der Waals surface area contributed by atoms with Gasteiger partial charge in [-0.15, -0.1) is 10.2 Å². The van der Waals surface area contributed by atoms with Crippen LogP contribution >= 0.6 is 0 Å². The average molecular weight is 576 g/mol. The van der Waals surface area contributed by atoms with Crippen LogP contribution in [-0.4, -0.2) is 93.5 Å². The number of carbonyl (C=O) groups is 6. The Bertz CT molecular complexity index is 1110. The molecule has 0 aliphatic rings. The molecule has 0 aromatic carbocycles. The molecule has 39 heavy (non-hydrogen) atoms. The van der Waals surface area contributed by atoms with Gasteiger partial charge in [-0.2, -0.15) is 5.21 Å². The quantitative estimate of drug-likeness (QED) is 0.101. The van der Waals surface area contributed by atoms with Crippen molar-refractivity contribution in [2.75, 3.05) is 12.8 Å². The van der Waals surface area contributed by atoms with Gasteiger partial charge in [-0.05, 0) is 25.7 Å². The number of ketones is 1. The van der Waals surface area contributed by atoms with Crippen LogP contribution in [0.1, 0.15) is 63.6 Å². The first-order chi connectivity index (χ1) is 18.3. The molecule has 0 saturated carbocycles. The Kier molecular flexibility index (Phi) is 14.2. The lowest BCUT2D eigenvalue weighted by Crippen LogP contribution is -2.41. The molecule has 0 aliphatic heterocycles. The number of sulfonamides is 1. The fourth-order valence-electron chi connectivity index (χ4n) is 3.34. The zero-order valence-corrected chi connectivity index (χ0v) is 22.2. The number of carboxylic acid groups (broad SMARTS) is 2. The number of amides is 3. The van der Waals surface area contributed by atoms with E-state index >= 15 is 0 Å². The molecule has 18 heteroatoms. The van der Waals surface area contributed by atoms with E-state index in [4.69, 9.17) is 0 Å². The van der Waals surface area contributed by atoms with Gasteiger partial charge >= 0.3 is 11.9 Å². The number of carboxylic acids is 2. The molecule has 1 aromatic heterocycles. The molecular weight excluding hydrogens is 542 g/mol. The molecule has 17 nitrogen and oxygen atoms in total. The molecule has 0 saturated heterocycles. The molecule has 0 radical (unpaired) electrons. The first-order valence-electron chi connectivity index (χ1n) is 12.1. The van der Waals surface area contributed by atoms with E-state index in [-0.39, 0.29) is 57.3 Å². The van der Waals surface area contributed by atoms with E-state index in [1.165, 1.54) is 7.05 Å². The lowest BCUT2D eigenvalue weighted by molar-refractivity contribution is -0.145. The molecule has 0 aliphatic carbocycles. The van der Waals surface area contributed by atoms with Crippen molar-refractivity contribution in [3.8, 4) is 0 Å². The molecule has 0 bridgehead atoms. The highest BCUT2D eigenvalue weighted by molar-refractivity contribution is 7.90. The molecular formula is C21H33N7O10S. The highest BCUT2D eigenvalue weighted by atomic mass is 32.2. The maximum atomic E-state index is 12.2. The number of aromatic nitrogens is 4. The van der Waals surface area contributed by atoms with Gasteiger partial charge in [-0.3, -0.25) is 28.7 Å². The number of tetrazole rings is 1. The van der Waals surface area contributed by atoms with Crippen LogP contribution in [0.15, 0.2) is 0 Å². The number of nitrogens with zero attached hydrogens (tertiary/aromatic N) is 3. The summed E-state index contributed by atoms with van der Waals surface area (Å²) in [6.07, 6.45) is -1.23. The summed E-state index contributed by atoms with van der Waals surface area (Å²) in [7, 11) is -2.63. The molecule has 3 amide bonds. The van der Waals surface area contributed by atoms with E-state index in [9.17, 15) is 47.4 Å². The highest BCUT2D eigenvalue weighted by Gasteiger charge is 2.25. The van der Waals surface area contributed by atoms with Gasteiger partial charge in [0.1, 0.15) is 11.8 Å². The molecule has 2 unspecified atom stereocenters. The van der Waals surface area contributed by atoms with E-state index in [0.717, 1.165) is 0 Å². The van der Waals surface area contributed by atoms with Gasteiger partial charge in [0.2, 0.25) is 27.7 Å². The molecule has 1 rings (SSSR count). The van der Waals surface area contributed by atoms with E-state index in [1.807, 2.05) is 4.72 Å². The predicted molar refractivity (Wildman–Crippen MR) is 131 cm³/mol. The number of rotatable bonds is 20. The van der Waals surface area contributed by atoms with Crippen LogP contribution in [0.25, 0.3) is 0 Å². The van der Waals surface area contributed by atoms with E-state index < -0.39 is 63.7 Å². The first kappa shape index (κ1) is 33.1. The number of nitrogens with one attached hydrogen (secondary N) is 4. The van der Waals surface area contributed by atoms with Crippen molar-refractivity contribution in [1.29, 1.82) is 0 Å². The Morgan fingerprint density at radius 1 is 0.897 bits per heavy atom. The number of H-pyrrole nitrogens is 1. The van der Waals surface area contributed by atoms with Crippen LogP contribution < -0.4 is 15.4 Å². The SMILES string of the molecule is CNC(=O)CCC(CC(=O)CCC(NC(=O)CCCS(=O)(=O)NC(=O)CCCc1nn[nH]n1)C(=O)O)C(=O)O. The first-order valence-corrected chi connectivity index (χ1v) is 13.7. The third kappa shape index (κ3) is 14.5. The smallest absolute Gasteiger partial charge is 0.326 e. The number of carbonyl (C=O) groups excluding carboxylic acids is 4. The third-order valence-corrected chi connectivity index (χ3v) is 6.81. The number of aromatic amines is 1. The summed E-state index contributed by atoms with van der Waals surface area (Å²) in [5.41, 5.74) is 0. The van der Waals surface area contributed by atoms with Gasteiger partial charge in [-0.1, -0.05) is 5.21 Å². The standard InChI is InChI=1S/C21H33N7O10S/c1-22-17(30)10-7-13(20(33)34)12-14(29)8-9-15(21(35)36)23-18(31)6-3-11-39(37,38)26-19(32)5-2-4-16-24-27-28-25-16/h13,15H,2-12H2,1H3,(H,22,30)(H,23,31)(H,26,32)(H,33,34)(H,35,36)(H,24,25,27,28). The molecule has 218 valence electrons. The summed E-state index contributed by atoms with van der Waals surface area (Å²) in [6, 6.07) is -1.45. The summed E-state index contributed by atoms with van der Waals surface area (Å²) in [6.45, 7) is 0. The minimum absolute atomic E-state index is 0.0660. The van der Waals surface area contributed by atoms with Crippen LogP contribution in [0.2, 0.25) is 0 Å². The van der Waals surface area contributed by atoms with Crippen LogP contribution in [0.3, 0.4) is 0 Å². The second kappa shape index (κ2) is 16.8. The summed E-state index contributed by atoms with van der Waals surface area (Å²) in [4.78, 5) is 70.3. The van der Waals surface area contributed by atoms with Crippen molar-refractivity contribution in [3.05, 3.63) is 5.82 Å². The van der Waals surface area contributed by atoms with Gasteiger partial charge in [0.15, 0.2) is 5.82 Å². The maximum absolute atomic E-state index is 12.2. The minimum Gasteiger partial charge on any atom is -0.481 e. The van der Waals surface area contributed by atoms with Crippen LogP contribution in [0.4, 0.5) is 0 Å². The highest BCUT2D eigenvalue weighted by Crippen LogP contribution is 2.15. The van der Waals surface area contributed by atoms with Crippen LogP contribution in [0.5, 0.6) is 0 Å². The third-order valence-electron chi connectivity index (χ3n) is 5.45.